The summed E-state index contributed by atoms with van der Waals surface area (Å²) in [6.45, 7) is 2.73. The molecule has 0 saturated heterocycles. The van der Waals surface area contributed by atoms with Crippen LogP contribution in [0.4, 0.5) is 11.8 Å². The van der Waals surface area contributed by atoms with E-state index in [4.69, 9.17) is 0 Å². The number of nitrogens with zero attached hydrogens (tertiary/aromatic N) is 6. The normalized spacial score (nSPS) is 10.8. The van der Waals surface area contributed by atoms with E-state index in [-0.39, 0.29) is 0 Å². The summed E-state index contributed by atoms with van der Waals surface area (Å²) in [6.07, 6.45) is 7.30. The molecule has 0 amide bonds. The molecule has 0 spiro atoms. The Morgan fingerprint density at radius 3 is 2.61 bits per heavy atom. The summed E-state index contributed by atoms with van der Waals surface area (Å²) in [6, 6.07) is 4.06. The molecule has 7 nitrogen and oxygen atoms in total. The predicted molar refractivity (Wildman–Crippen MR) is 92.7 cm³/mol. The van der Waals surface area contributed by atoms with Crippen LogP contribution in [0.25, 0.3) is 0 Å². The summed E-state index contributed by atoms with van der Waals surface area (Å²) in [5.74, 6) is 1.40. The van der Waals surface area contributed by atoms with Crippen LogP contribution in [0.3, 0.4) is 0 Å². The van der Waals surface area contributed by atoms with E-state index >= 15 is 0 Å². The summed E-state index contributed by atoms with van der Waals surface area (Å²) in [4.78, 5) is 12.8. The van der Waals surface area contributed by atoms with E-state index in [0.717, 1.165) is 38.3 Å². The molecule has 0 aliphatic rings. The molecule has 0 unspecified atom stereocenters. The Kier molecular flexibility index (Phi) is 6.68. The topological polar surface area (TPSA) is 70.1 Å². The fraction of sp³-hybridized carbons (Fsp3) is 0.500. The van der Waals surface area contributed by atoms with Gasteiger partial charge in [0.05, 0.1) is 6.20 Å². The molecule has 0 atom stereocenters. The Balaban J connectivity index is 1.83. The van der Waals surface area contributed by atoms with Gasteiger partial charge in [-0.3, -0.25) is 4.98 Å². The fourth-order valence-electron chi connectivity index (χ4n) is 2.11. The van der Waals surface area contributed by atoms with E-state index < -0.39 is 0 Å². The van der Waals surface area contributed by atoms with Crippen LogP contribution in [0, 0.1) is 0 Å². The van der Waals surface area contributed by atoms with E-state index in [1.807, 2.05) is 31.6 Å². The molecule has 0 aliphatic heterocycles. The second-order valence-electron chi connectivity index (χ2n) is 5.75. The number of likely N-dealkylation sites (N-methyl/N-ethyl adjacent to an activating group) is 1. The molecule has 7 heteroatoms. The number of hydrogen-bond acceptors (Lipinski definition) is 7. The Labute approximate surface area is 137 Å². The van der Waals surface area contributed by atoms with Gasteiger partial charge in [-0.05, 0) is 51.2 Å². The molecule has 0 bridgehead atoms. The van der Waals surface area contributed by atoms with Crippen molar-refractivity contribution < 1.29 is 0 Å². The van der Waals surface area contributed by atoms with Crippen LogP contribution in [0.15, 0.2) is 30.7 Å². The molecule has 2 rings (SSSR count). The van der Waals surface area contributed by atoms with Crippen molar-refractivity contribution in [1.29, 1.82) is 0 Å². The molecular weight excluding hydrogens is 290 g/mol. The first-order valence-electron chi connectivity index (χ1n) is 7.83. The van der Waals surface area contributed by atoms with Crippen molar-refractivity contribution in [3.05, 3.63) is 36.3 Å². The number of aromatic nitrogens is 4. The monoisotopic (exact) mass is 315 g/mol. The average Bonchev–Trinajstić information content (AvgIpc) is 2.57. The Hall–Kier alpha value is -2.28. The van der Waals surface area contributed by atoms with Gasteiger partial charge in [0, 0.05) is 32.5 Å². The maximum absolute atomic E-state index is 4.52. The van der Waals surface area contributed by atoms with Crippen molar-refractivity contribution in [3.63, 3.8) is 0 Å². The molecule has 2 aromatic rings. The van der Waals surface area contributed by atoms with Gasteiger partial charge in [-0.15, -0.1) is 5.10 Å². The van der Waals surface area contributed by atoms with Gasteiger partial charge < -0.3 is 15.1 Å². The minimum Gasteiger partial charge on any atom is -0.358 e. The second kappa shape index (κ2) is 8.99. The molecule has 0 saturated carbocycles. The first kappa shape index (κ1) is 17.1. The van der Waals surface area contributed by atoms with Gasteiger partial charge in [-0.25, -0.2) is 0 Å². The van der Waals surface area contributed by atoms with Crippen molar-refractivity contribution in [2.24, 2.45) is 0 Å². The zero-order chi connectivity index (χ0) is 16.5. The summed E-state index contributed by atoms with van der Waals surface area (Å²) in [7, 11) is 6.15. The van der Waals surface area contributed by atoms with E-state index in [1.54, 1.807) is 6.20 Å². The van der Waals surface area contributed by atoms with Crippen molar-refractivity contribution in [1.82, 2.24) is 25.1 Å². The summed E-state index contributed by atoms with van der Waals surface area (Å²) in [5.41, 5.74) is 1.26. The van der Waals surface area contributed by atoms with Crippen molar-refractivity contribution >= 4 is 11.8 Å². The first-order valence-corrected chi connectivity index (χ1v) is 7.83. The smallest absolute Gasteiger partial charge is 0.244 e. The number of pyridine rings is 1. The minimum absolute atomic E-state index is 0.581. The maximum atomic E-state index is 4.52. The minimum atomic E-state index is 0.581. The van der Waals surface area contributed by atoms with E-state index in [2.05, 4.69) is 49.4 Å². The number of anilines is 2. The Morgan fingerprint density at radius 1 is 1.09 bits per heavy atom. The molecule has 124 valence electrons. The largest absolute Gasteiger partial charge is 0.358 e. The first-order chi connectivity index (χ1) is 11.1. The van der Waals surface area contributed by atoms with Crippen LogP contribution in [0.2, 0.25) is 0 Å². The predicted octanol–water partition coefficient (Wildman–Crippen LogP) is 1.31. The lowest BCUT2D eigenvalue weighted by atomic mass is 10.2. The number of rotatable bonds is 9. The molecule has 2 aromatic heterocycles. The lowest BCUT2D eigenvalue weighted by Crippen LogP contribution is -2.22. The highest BCUT2D eigenvalue weighted by molar-refractivity contribution is 5.39. The molecule has 0 aliphatic carbocycles. The second-order valence-corrected chi connectivity index (χ2v) is 5.75. The molecule has 0 fully saturated rings. The SMILES string of the molecule is CN(C)CCCNc1nncc(N(C)CCc2ccncc2)n1. The van der Waals surface area contributed by atoms with Crippen LogP contribution in [-0.4, -0.2) is 65.8 Å². The van der Waals surface area contributed by atoms with Crippen molar-refractivity contribution in [3.8, 4) is 0 Å². The van der Waals surface area contributed by atoms with Gasteiger partial charge >= 0.3 is 0 Å². The molecular formula is C16H25N7. The van der Waals surface area contributed by atoms with Crippen LogP contribution in [-0.2, 0) is 6.42 Å². The van der Waals surface area contributed by atoms with Gasteiger partial charge in [0.2, 0.25) is 5.95 Å². The third-order valence-corrected chi connectivity index (χ3v) is 3.49. The zero-order valence-corrected chi connectivity index (χ0v) is 14.1. The lowest BCUT2D eigenvalue weighted by molar-refractivity contribution is 0.405. The van der Waals surface area contributed by atoms with Gasteiger partial charge in [0.25, 0.3) is 0 Å². The van der Waals surface area contributed by atoms with Crippen LogP contribution in [0.5, 0.6) is 0 Å². The quantitative estimate of drug-likeness (QED) is 0.700. The van der Waals surface area contributed by atoms with Crippen LogP contribution < -0.4 is 10.2 Å². The highest BCUT2D eigenvalue weighted by Gasteiger charge is 2.06. The van der Waals surface area contributed by atoms with Crippen LogP contribution >= 0.6 is 0 Å². The standard InChI is InChI=1S/C16H25N7/c1-22(2)11-4-8-18-16-20-15(13-19-21-16)23(3)12-7-14-5-9-17-10-6-14/h5-6,9-10,13H,4,7-8,11-12H2,1-3H3,(H,18,20,21). The third kappa shape index (κ3) is 6.15. The lowest BCUT2D eigenvalue weighted by Gasteiger charge is -2.18. The Morgan fingerprint density at radius 2 is 1.87 bits per heavy atom. The van der Waals surface area contributed by atoms with Crippen molar-refractivity contribution in [2.75, 3.05) is 51.0 Å². The van der Waals surface area contributed by atoms with Gasteiger partial charge in [0.1, 0.15) is 0 Å². The zero-order valence-electron chi connectivity index (χ0n) is 14.1. The average molecular weight is 315 g/mol. The summed E-state index contributed by atoms with van der Waals surface area (Å²) < 4.78 is 0. The highest BCUT2D eigenvalue weighted by atomic mass is 15.3. The Bertz CT molecular complexity index is 574. The third-order valence-electron chi connectivity index (χ3n) is 3.49. The van der Waals surface area contributed by atoms with Gasteiger partial charge in [-0.2, -0.15) is 10.1 Å². The van der Waals surface area contributed by atoms with E-state index in [9.17, 15) is 0 Å². The van der Waals surface area contributed by atoms with E-state index in [1.165, 1.54) is 5.56 Å². The van der Waals surface area contributed by atoms with E-state index in [0.29, 0.717) is 5.95 Å². The maximum Gasteiger partial charge on any atom is 0.244 e. The number of nitrogens with one attached hydrogen (secondary N) is 1. The van der Waals surface area contributed by atoms with Crippen LogP contribution in [0.1, 0.15) is 12.0 Å². The molecule has 2 heterocycles. The van der Waals surface area contributed by atoms with Crippen molar-refractivity contribution in [2.45, 2.75) is 12.8 Å². The van der Waals surface area contributed by atoms with Gasteiger partial charge in [-0.1, -0.05) is 0 Å². The summed E-state index contributed by atoms with van der Waals surface area (Å²) >= 11 is 0. The summed E-state index contributed by atoms with van der Waals surface area (Å²) in [5, 5.41) is 11.3. The molecule has 1 N–H and O–H groups in total. The highest BCUT2D eigenvalue weighted by Crippen LogP contribution is 2.10. The molecule has 0 radical (unpaired) electrons. The molecule has 0 aromatic carbocycles. The fourth-order valence-corrected chi connectivity index (χ4v) is 2.11. The molecule has 23 heavy (non-hydrogen) atoms. The van der Waals surface area contributed by atoms with Gasteiger partial charge in [0.15, 0.2) is 5.82 Å². The number of hydrogen-bond donors (Lipinski definition) is 1.